The molecular weight excluding hydrogens is 360 g/mol. The molecule has 1 aliphatic carbocycles. The Balaban J connectivity index is 1.37. The molecule has 2 aromatic heterocycles. The number of thiophene rings is 1. The number of nitrogens with one attached hydrogen (secondary N) is 1. The van der Waals surface area contributed by atoms with Crippen LogP contribution in [0.2, 0.25) is 0 Å². The smallest absolute Gasteiger partial charge is 0.270 e. The molecule has 1 saturated heterocycles. The standard InChI is InChI=1S/C21H24N2O3S/c1-13-18-15(3-2-4-16(18)24)22-19(13)20(25)23-9-7-21(8-10-23)14-6-12-27-17(14)5-11-26-21/h6,12,22H,2-5,7-11H2,1H3. The van der Waals surface area contributed by atoms with Crippen LogP contribution in [0.3, 0.4) is 0 Å². The lowest BCUT2D eigenvalue weighted by Gasteiger charge is -2.44. The molecule has 1 fully saturated rings. The van der Waals surface area contributed by atoms with Crippen molar-refractivity contribution in [3.05, 3.63) is 44.4 Å². The van der Waals surface area contributed by atoms with E-state index in [1.54, 1.807) is 0 Å². The number of hydrogen-bond donors (Lipinski definition) is 1. The summed E-state index contributed by atoms with van der Waals surface area (Å²) in [6.45, 7) is 4.04. The van der Waals surface area contributed by atoms with Crippen LogP contribution in [-0.4, -0.2) is 41.3 Å². The van der Waals surface area contributed by atoms with Crippen molar-refractivity contribution < 1.29 is 14.3 Å². The van der Waals surface area contributed by atoms with E-state index in [-0.39, 0.29) is 17.3 Å². The van der Waals surface area contributed by atoms with Gasteiger partial charge in [-0.1, -0.05) is 0 Å². The van der Waals surface area contributed by atoms with E-state index in [1.165, 1.54) is 10.4 Å². The highest BCUT2D eigenvalue weighted by Crippen LogP contribution is 2.43. The maximum atomic E-state index is 13.2. The van der Waals surface area contributed by atoms with Crippen molar-refractivity contribution in [3.8, 4) is 0 Å². The number of aryl methyl sites for hydroxylation is 1. The summed E-state index contributed by atoms with van der Waals surface area (Å²) in [4.78, 5) is 32.0. The highest BCUT2D eigenvalue weighted by molar-refractivity contribution is 7.10. The molecule has 1 N–H and O–H groups in total. The maximum absolute atomic E-state index is 13.2. The van der Waals surface area contributed by atoms with Gasteiger partial charge in [0, 0.05) is 42.1 Å². The minimum atomic E-state index is -0.218. The molecule has 1 spiro atoms. The second-order valence-corrected chi connectivity index (χ2v) is 8.90. The number of fused-ring (bicyclic) bond motifs is 3. The Bertz CT molecular complexity index is 918. The van der Waals surface area contributed by atoms with E-state index < -0.39 is 0 Å². The largest absolute Gasteiger partial charge is 0.370 e. The molecule has 142 valence electrons. The van der Waals surface area contributed by atoms with E-state index in [9.17, 15) is 9.59 Å². The summed E-state index contributed by atoms with van der Waals surface area (Å²) in [5, 5.41) is 2.16. The number of ether oxygens (including phenoxy) is 1. The first-order valence-corrected chi connectivity index (χ1v) is 10.7. The summed E-state index contributed by atoms with van der Waals surface area (Å²) in [7, 11) is 0. The number of carbonyl (C=O) groups is 2. The zero-order valence-corrected chi connectivity index (χ0v) is 16.4. The third-order valence-corrected chi connectivity index (χ3v) is 7.43. The molecule has 2 aliphatic heterocycles. The second kappa shape index (κ2) is 6.31. The number of nitrogens with zero attached hydrogens (tertiary/aromatic N) is 1. The monoisotopic (exact) mass is 384 g/mol. The molecule has 27 heavy (non-hydrogen) atoms. The Kier molecular flexibility index (Phi) is 4.02. The van der Waals surface area contributed by atoms with E-state index in [1.807, 2.05) is 23.2 Å². The molecule has 6 heteroatoms. The van der Waals surface area contributed by atoms with Gasteiger partial charge in [-0.05, 0) is 55.2 Å². The number of Topliss-reactive ketones (excluding diaryl/α,β-unsaturated/α-hetero) is 1. The van der Waals surface area contributed by atoms with Gasteiger partial charge in [0.05, 0.1) is 12.2 Å². The van der Waals surface area contributed by atoms with Gasteiger partial charge >= 0.3 is 0 Å². The summed E-state index contributed by atoms with van der Waals surface area (Å²) in [6, 6.07) is 2.20. The van der Waals surface area contributed by atoms with Gasteiger partial charge < -0.3 is 14.6 Å². The average molecular weight is 385 g/mol. The van der Waals surface area contributed by atoms with E-state index in [0.29, 0.717) is 25.2 Å². The Morgan fingerprint density at radius 1 is 1.26 bits per heavy atom. The molecule has 0 saturated carbocycles. The van der Waals surface area contributed by atoms with Gasteiger partial charge in [-0.15, -0.1) is 11.3 Å². The zero-order valence-electron chi connectivity index (χ0n) is 15.6. The van der Waals surface area contributed by atoms with E-state index in [4.69, 9.17) is 4.74 Å². The molecule has 5 rings (SSSR count). The third-order valence-electron chi connectivity index (χ3n) is 6.45. The van der Waals surface area contributed by atoms with Gasteiger partial charge in [-0.25, -0.2) is 0 Å². The third kappa shape index (κ3) is 2.61. The van der Waals surface area contributed by atoms with E-state index >= 15 is 0 Å². The molecule has 0 aromatic carbocycles. The van der Waals surface area contributed by atoms with Gasteiger partial charge in [0.2, 0.25) is 0 Å². The Hall–Kier alpha value is -1.92. The fourth-order valence-electron chi connectivity index (χ4n) is 4.99. The summed E-state index contributed by atoms with van der Waals surface area (Å²) < 4.78 is 6.25. The van der Waals surface area contributed by atoms with E-state index in [2.05, 4.69) is 16.4 Å². The number of piperidine rings is 1. The first-order chi connectivity index (χ1) is 13.1. The first-order valence-electron chi connectivity index (χ1n) is 9.84. The van der Waals surface area contributed by atoms with E-state index in [0.717, 1.165) is 55.5 Å². The SMILES string of the molecule is Cc1c(C(=O)N2CCC3(CC2)OCCc2sccc23)[nH]c2c1C(=O)CCC2. The van der Waals surface area contributed by atoms with Crippen molar-refractivity contribution in [1.82, 2.24) is 9.88 Å². The lowest BCUT2D eigenvalue weighted by Crippen LogP contribution is -2.48. The van der Waals surface area contributed by atoms with Crippen LogP contribution in [-0.2, 0) is 23.2 Å². The van der Waals surface area contributed by atoms with Crippen LogP contribution in [0.25, 0.3) is 0 Å². The van der Waals surface area contributed by atoms with Crippen LogP contribution in [0.15, 0.2) is 11.4 Å². The maximum Gasteiger partial charge on any atom is 0.270 e. The Morgan fingerprint density at radius 3 is 2.85 bits per heavy atom. The number of aromatic amines is 1. The molecule has 1 amide bonds. The van der Waals surface area contributed by atoms with Gasteiger partial charge in [-0.3, -0.25) is 9.59 Å². The fourth-order valence-corrected chi connectivity index (χ4v) is 5.94. The van der Waals surface area contributed by atoms with Crippen LogP contribution < -0.4 is 0 Å². The predicted octanol–water partition coefficient (Wildman–Crippen LogP) is 3.61. The Labute approximate surface area is 162 Å². The minimum absolute atomic E-state index is 0.0194. The average Bonchev–Trinajstić information content (AvgIpc) is 3.28. The van der Waals surface area contributed by atoms with Gasteiger partial charge in [0.1, 0.15) is 5.69 Å². The number of rotatable bonds is 1. The van der Waals surface area contributed by atoms with Crippen molar-refractivity contribution in [3.63, 3.8) is 0 Å². The minimum Gasteiger partial charge on any atom is -0.370 e. The zero-order chi connectivity index (χ0) is 18.6. The number of ketones is 1. The van der Waals surface area contributed by atoms with Crippen LogP contribution in [0.1, 0.15) is 68.2 Å². The molecule has 0 bridgehead atoms. The van der Waals surface area contributed by atoms with Gasteiger partial charge in [-0.2, -0.15) is 0 Å². The summed E-state index contributed by atoms with van der Waals surface area (Å²) in [6.07, 6.45) is 4.98. The number of carbonyl (C=O) groups excluding carboxylic acids is 2. The topological polar surface area (TPSA) is 62.4 Å². The highest BCUT2D eigenvalue weighted by Gasteiger charge is 2.42. The highest BCUT2D eigenvalue weighted by atomic mass is 32.1. The van der Waals surface area contributed by atoms with Crippen LogP contribution in [0, 0.1) is 6.92 Å². The van der Waals surface area contributed by atoms with Crippen LogP contribution in [0.5, 0.6) is 0 Å². The van der Waals surface area contributed by atoms with Crippen molar-refractivity contribution in [2.75, 3.05) is 19.7 Å². The fraction of sp³-hybridized carbons (Fsp3) is 0.524. The Morgan fingerprint density at radius 2 is 2.07 bits per heavy atom. The molecular formula is C21H24N2O3S. The molecule has 0 radical (unpaired) electrons. The summed E-state index contributed by atoms with van der Waals surface area (Å²) in [5.41, 5.74) is 4.25. The number of H-pyrrole nitrogens is 1. The number of likely N-dealkylation sites (tertiary alicyclic amines) is 1. The van der Waals surface area contributed by atoms with Crippen molar-refractivity contribution in [2.45, 2.75) is 51.0 Å². The number of aromatic nitrogens is 1. The van der Waals surface area contributed by atoms with Crippen LogP contribution in [0.4, 0.5) is 0 Å². The molecule has 0 atom stereocenters. The van der Waals surface area contributed by atoms with Gasteiger partial charge in [0.15, 0.2) is 5.78 Å². The normalized spacial score (nSPS) is 21.2. The van der Waals surface area contributed by atoms with Gasteiger partial charge in [0.25, 0.3) is 5.91 Å². The van der Waals surface area contributed by atoms with Crippen molar-refractivity contribution >= 4 is 23.0 Å². The number of amides is 1. The lowest BCUT2D eigenvalue weighted by molar-refractivity contribution is -0.0926. The molecule has 5 nitrogen and oxygen atoms in total. The molecule has 2 aromatic rings. The molecule has 0 unspecified atom stereocenters. The lowest BCUT2D eigenvalue weighted by atomic mass is 9.82. The van der Waals surface area contributed by atoms with Crippen molar-refractivity contribution in [2.24, 2.45) is 0 Å². The second-order valence-electron chi connectivity index (χ2n) is 7.90. The number of hydrogen-bond acceptors (Lipinski definition) is 4. The quantitative estimate of drug-likeness (QED) is 0.817. The van der Waals surface area contributed by atoms with Crippen molar-refractivity contribution in [1.29, 1.82) is 0 Å². The van der Waals surface area contributed by atoms with Crippen LogP contribution >= 0.6 is 11.3 Å². The first kappa shape index (κ1) is 17.2. The molecule has 3 aliphatic rings. The molecule has 4 heterocycles. The summed E-state index contributed by atoms with van der Waals surface area (Å²) >= 11 is 1.82. The summed E-state index contributed by atoms with van der Waals surface area (Å²) in [5.74, 6) is 0.188. The predicted molar refractivity (Wildman–Crippen MR) is 104 cm³/mol.